The highest BCUT2D eigenvalue weighted by atomic mass is 35.5. The second kappa shape index (κ2) is 11.3. The fourth-order valence-corrected chi connectivity index (χ4v) is 6.53. The SMILES string of the molecule is COc1ccc(OC)c(-c2cc(-c3ccccc3)nc3sc(C(=O)N4CCN(c5cccc(Cl)c5)CC4)c(N)c23)c1. The van der Waals surface area contributed by atoms with Crippen LogP contribution in [0.4, 0.5) is 11.4 Å². The van der Waals surface area contributed by atoms with Gasteiger partial charge in [0, 0.05) is 59.0 Å². The van der Waals surface area contributed by atoms with Crippen LogP contribution in [0.25, 0.3) is 32.6 Å². The van der Waals surface area contributed by atoms with Crippen molar-refractivity contribution in [1.29, 1.82) is 0 Å². The molecule has 0 radical (unpaired) electrons. The lowest BCUT2D eigenvalue weighted by atomic mass is 9.98. The number of anilines is 2. The maximum Gasteiger partial charge on any atom is 0.266 e. The van der Waals surface area contributed by atoms with Gasteiger partial charge in [-0.05, 0) is 42.5 Å². The molecule has 3 aromatic carbocycles. The Labute approximate surface area is 247 Å². The summed E-state index contributed by atoms with van der Waals surface area (Å²) in [6.07, 6.45) is 0. The average Bonchev–Trinajstić information content (AvgIpc) is 3.36. The predicted molar refractivity (Wildman–Crippen MR) is 168 cm³/mol. The van der Waals surface area contributed by atoms with Gasteiger partial charge in [-0.25, -0.2) is 4.98 Å². The number of carbonyl (C=O) groups is 1. The van der Waals surface area contributed by atoms with Gasteiger partial charge in [0.1, 0.15) is 21.2 Å². The molecule has 6 rings (SSSR count). The van der Waals surface area contributed by atoms with Crippen LogP contribution in [0.5, 0.6) is 11.5 Å². The van der Waals surface area contributed by atoms with Crippen LogP contribution in [0.15, 0.2) is 78.9 Å². The molecule has 0 bridgehead atoms. The second-order valence-corrected chi connectivity index (χ2v) is 11.2. The van der Waals surface area contributed by atoms with Gasteiger partial charge in [0.25, 0.3) is 5.91 Å². The summed E-state index contributed by atoms with van der Waals surface area (Å²) < 4.78 is 11.3. The molecule has 2 aromatic heterocycles. The summed E-state index contributed by atoms with van der Waals surface area (Å²) >= 11 is 7.53. The van der Waals surface area contributed by atoms with Crippen molar-refractivity contribution >= 4 is 50.4 Å². The summed E-state index contributed by atoms with van der Waals surface area (Å²) in [7, 11) is 3.27. The summed E-state index contributed by atoms with van der Waals surface area (Å²) in [5, 5.41) is 1.44. The Morgan fingerprint density at radius 1 is 0.902 bits per heavy atom. The fourth-order valence-electron chi connectivity index (χ4n) is 5.26. The first-order valence-electron chi connectivity index (χ1n) is 13.3. The van der Waals surface area contributed by atoms with Crippen LogP contribution in [-0.4, -0.2) is 56.2 Å². The van der Waals surface area contributed by atoms with Crippen molar-refractivity contribution in [1.82, 2.24) is 9.88 Å². The van der Waals surface area contributed by atoms with E-state index in [9.17, 15) is 4.79 Å². The molecule has 0 saturated carbocycles. The van der Waals surface area contributed by atoms with Crippen LogP contribution in [-0.2, 0) is 0 Å². The predicted octanol–water partition coefficient (Wildman–Crippen LogP) is 6.85. The Balaban J connectivity index is 1.41. The largest absolute Gasteiger partial charge is 0.497 e. The smallest absolute Gasteiger partial charge is 0.266 e. The van der Waals surface area contributed by atoms with Gasteiger partial charge in [-0.1, -0.05) is 48.0 Å². The Morgan fingerprint density at radius 2 is 1.68 bits per heavy atom. The van der Waals surface area contributed by atoms with E-state index in [0.29, 0.717) is 58.1 Å². The van der Waals surface area contributed by atoms with Crippen molar-refractivity contribution in [2.24, 2.45) is 0 Å². The van der Waals surface area contributed by atoms with Gasteiger partial charge < -0.3 is 25.0 Å². The number of halogens is 1. The Hall–Kier alpha value is -4.27. The van der Waals surface area contributed by atoms with Crippen LogP contribution in [0.2, 0.25) is 5.02 Å². The molecule has 9 heteroatoms. The zero-order valence-electron chi connectivity index (χ0n) is 22.8. The van der Waals surface area contributed by atoms with Crippen LogP contribution in [0.1, 0.15) is 9.67 Å². The number of thiophene rings is 1. The number of hydrogen-bond donors (Lipinski definition) is 1. The molecule has 0 aliphatic carbocycles. The lowest BCUT2D eigenvalue weighted by Crippen LogP contribution is -2.48. The number of piperazine rings is 1. The zero-order chi connectivity index (χ0) is 28.5. The minimum Gasteiger partial charge on any atom is -0.497 e. The molecule has 5 aromatic rings. The van der Waals surface area contributed by atoms with E-state index in [1.54, 1.807) is 14.2 Å². The maximum atomic E-state index is 13.9. The van der Waals surface area contributed by atoms with E-state index in [1.807, 2.05) is 83.8 Å². The molecule has 1 saturated heterocycles. The molecular weight excluding hydrogens is 556 g/mol. The fraction of sp³-hybridized carbons (Fsp3) is 0.188. The highest BCUT2D eigenvalue weighted by Crippen LogP contribution is 2.45. The van der Waals surface area contributed by atoms with E-state index < -0.39 is 0 Å². The molecule has 0 unspecified atom stereocenters. The van der Waals surface area contributed by atoms with E-state index in [4.69, 9.17) is 31.8 Å². The molecule has 1 fully saturated rings. The molecule has 2 N–H and O–H groups in total. The number of nitrogens with zero attached hydrogens (tertiary/aromatic N) is 3. The topological polar surface area (TPSA) is 80.9 Å². The number of aromatic nitrogens is 1. The van der Waals surface area contributed by atoms with Gasteiger partial charge in [0.2, 0.25) is 0 Å². The monoisotopic (exact) mass is 584 g/mol. The molecule has 208 valence electrons. The van der Waals surface area contributed by atoms with E-state index in [2.05, 4.69) is 4.90 Å². The first-order chi connectivity index (χ1) is 20.0. The highest BCUT2D eigenvalue weighted by Gasteiger charge is 2.28. The van der Waals surface area contributed by atoms with Gasteiger partial charge in [0.05, 0.1) is 25.6 Å². The molecule has 1 amide bonds. The quantitative estimate of drug-likeness (QED) is 0.235. The lowest BCUT2D eigenvalue weighted by Gasteiger charge is -2.36. The zero-order valence-corrected chi connectivity index (χ0v) is 24.3. The lowest BCUT2D eigenvalue weighted by molar-refractivity contribution is 0.0752. The third-order valence-electron chi connectivity index (χ3n) is 7.40. The number of fused-ring (bicyclic) bond motifs is 1. The Bertz CT molecular complexity index is 1730. The average molecular weight is 585 g/mol. The maximum absolute atomic E-state index is 13.9. The van der Waals surface area contributed by atoms with Crippen molar-refractivity contribution in [2.45, 2.75) is 0 Å². The van der Waals surface area contributed by atoms with Gasteiger partial charge in [-0.15, -0.1) is 11.3 Å². The second-order valence-electron chi connectivity index (χ2n) is 9.77. The molecule has 3 heterocycles. The standard InChI is InChI=1S/C32H29ClN4O3S/c1-39-23-11-12-27(40-2)24(18-23)25-19-26(20-7-4-3-5-8-20)35-31-28(25)29(34)30(41-31)32(38)37-15-13-36(14-16-37)22-10-6-9-21(33)17-22/h3-12,17-19H,13-16,34H2,1-2H3. The molecule has 0 atom stereocenters. The van der Waals surface area contributed by atoms with E-state index in [-0.39, 0.29) is 5.91 Å². The van der Waals surface area contributed by atoms with Crippen molar-refractivity contribution < 1.29 is 14.3 Å². The molecular formula is C32H29ClN4O3S. The van der Waals surface area contributed by atoms with Crippen LogP contribution in [0.3, 0.4) is 0 Å². The van der Waals surface area contributed by atoms with Gasteiger partial charge in [-0.2, -0.15) is 0 Å². The number of nitrogen functional groups attached to an aromatic ring is 1. The van der Waals surface area contributed by atoms with Gasteiger partial charge in [0.15, 0.2) is 0 Å². The van der Waals surface area contributed by atoms with Crippen LogP contribution < -0.4 is 20.1 Å². The third kappa shape index (κ3) is 5.16. The van der Waals surface area contributed by atoms with Crippen LogP contribution in [0, 0.1) is 0 Å². The number of carbonyl (C=O) groups excluding carboxylic acids is 1. The molecule has 41 heavy (non-hydrogen) atoms. The number of ether oxygens (including phenoxy) is 2. The first-order valence-corrected chi connectivity index (χ1v) is 14.5. The number of rotatable bonds is 6. The van der Waals surface area contributed by atoms with Crippen LogP contribution >= 0.6 is 22.9 Å². The Morgan fingerprint density at radius 3 is 2.39 bits per heavy atom. The highest BCUT2D eigenvalue weighted by molar-refractivity contribution is 7.21. The number of nitrogens with two attached hydrogens (primary N) is 1. The van der Waals surface area contributed by atoms with Crippen molar-refractivity contribution in [2.75, 3.05) is 51.0 Å². The molecule has 1 aliphatic rings. The number of benzene rings is 3. The number of methoxy groups -OCH3 is 2. The molecule has 1 aliphatic heterocycles. The van der Waals surface area contributed by atoms with Gasteiger partial charge in [-0.3, -0.25) is 4.79 Å². The van der Waals surface area contributed by atoms with E-state index in [0.717, 1.165) is 33.5 Å². The Kier molecular flexibility index (Phi) is 7.43. The number of pyridine rings is 1. The van der Waals surface area contributed by atoms with Crippen molar-refractivity contribution in [3.05, 3.63) is 88.8 Å². The normalized spacial score (nSPS) is 13.4. The minimum absolute atomic E-state index is 0.0823. The van der Waals surface area contributed by atoms with Crippen molar-refractivity contribution in [3.8, 4) is 33.9 Å². The van der Waals surface area contributed by atoms with Crippen molar-refractivity contribution in [3.63, 3.8) is 0 Å². The van der Waals surface area contributed by atoms with E-state index in [1.165, 1.54) is 11.3 Å². The minimum atomic E-state index is -0.0823. The molecule has 7 nitrogen and oxygen atoms in total. The summed E-state index contributed by atoms with van der Waals surface area (Å²) in [5.74, 6) is 1.28. The number of hydrogen-bond acceptors (Lipinski definition) is 7. The van der Waals surface area contributed by atoms with E-state index >= 15 is 0 Å². The summed E-state index contributed by atoms with van der Waals surface area (Å²) in [4.78, 5) is 24.1. The molecule has 0 spiro atoms. The third-order valence-corrected chi connectivity index (χ3v) is 8.72. The summed E-state index contributed by atoms with van der Waals surface area (Å²) in [6, 6.07) is 25.4. The van der Waals surface area contributed by atoms with Gasteiger partial charge >= 0.3 is 0 Å². The first kappa shape index (κ1) is 26.9. The number of amides is 1. The summed E-state index contributed by atoms with van der Waals surface area (Å²) in [6.45, 7) is 2.58. The summed E-state index contributed by atoms with van der Waals surface area (Å²) in [5.41, 5.74) is 11.7.